The van der Waals surface area contributed by atoms with Crippen LogP contribution in [0.4, 0.5) is 0 Å². The minimum atomic E-state index is -3.42. The monoisotopic (exact) mass is 328 g/mol. The summed E-state index contributed by atoms with van der Waals surface area (Å²) in [5, 5.41) is 0.677. The van der Waals surface area contributed by atoms with Crippen LogP contribution in [0.3, 0.4) is 0 Å². The Kier molecular flexibility index (Phi) is 5.71. The highest BCUT2D eigenvalue weighted by atomic mass is 32.2. The molecular weight excluding hydrogens is 304 g/mol. The average Bonchev–Trinajstić information content (AvgIpc) is 2.48. The molecule has 0 aliphatic heterocycles. The lowest BCUT2D eigenvalue weighted by Gasteiger charge is -2.27. The first-order valence-electron chi connectivity index (χ1n) is 7.33. The van der Waals surface area contributed by atoms with Gasteiger partial charge in [-0.3, -0.25) is 0 Å². The van der Waals surface area contributed by atoms with Gasteiger partial charge in [-0.05, 0) is 56.6 Å². The Morgan fingerprint density at radius 2 is 1.76 bits per heavy atom. The van der Waals surface area contributed by atoms with E-state index in [2.05, 4.69) is 11.0 Å². The fourth-order valence-corrected chi connectivity index (χ4v) is 4.70. The van der Waals surface area contributed by atoms with E-state index in [0.29, 0.717) is 10.1 Å². The predicted molar refractivity (Wildman–Crippen MR) is 88.9 cm³/mol. The minimum Gasteiger partial charge on any atom is -0.324 e. The Hall–Kier alpha value is -0.560. The van der Waals surface area contributed by atoms with Gasteiger partial charge in [-0.25, -0.2) is 13.1 Å². The molecule has 0 radical (unpaired) electrons. The summed E-state index contributed by atoms with van der Waals surface area (Å²) < 4.78 is 27.6. The number of hydrogen-bond donors (Lipinski definition) is 2. The molecule has 1 aliphatic carbocycles. The highest BCUT2D eigenvalue weighted by Crippen LogP contribution is 2.27. The largest absolute Gasteiger partial charge is 0.324 e. The molecule has 0 aromatic heterocycles. The maximum Gasteiger partial charge on any atom is 0.240 e. The Morgan fingerprint density at radius 1 is 1.19 bits per heavy atom. The lowest BCUT2D eigenvalue weighted by atomic mass is 9.96. The van der Waals surface area contributed by atoms with E-state index >= 15 is 0 Å². The number of nitrogens with two attached hydrogens (primary N) is 1. The molecule has 0 heterocycles. The van der Waals surface area contributed by atoms with Crippen LogP contribution in [0.25, 0.3) is 0 Å². The van der Waals surface area contributed by atoms with Crippen LogP contribution in [-0.4, -0.2) is 26.0 Å². The molecule has 1 aliphatic rings. The molecule has 4 nitrogen and oxygen atoms in total. The summed E-state index contributed by atoms with van der Waals surface area (Å²) in [6.45, 7) is 1.88. The highest BCUT2D eigenvalue weighted by molar-refractivity contribution is 7.99. The van der Waals surface area contributed by atoms with Gasteiger partial charge in [0.25, 0.3) is 0 Å². The van der Waals surface area contributed by atoms with Crippen molar-refractivity contribution in [3.8, 4) is 0 Å². The zero-order valence-corrected chi connectivity index (χ0v) is 14.2. The van der Waals surface area contributed by atoms with Crippen LogP contribution in [0, 0.1) is 0 Å². The summed E-state index contributed by atoms with van der Waals surface area (Å²) in [4.78, 5) is 0.318. The van der Waals surface area contributed by atoms with Crippen LogP contribution >= 0.6 is 11.8 Å². The Morgan fingerprint density at radius 3 is 2.24 bits per heavy atom. The second kappa shape index (κ2) is 7.13. The normalized spacial score (nSPS) is 24.7. The molecule has 3 N–H and O–H groups in total. The Balaban J connectivity index is 2.01. The molecule has 1 atom stereocenters. The smallest absolute Gasteiger partial charge is 0.240 e. The van der Waals surface area contributed by atoms with Gasteiger partial charge in [-0.2, -0.15) is 11.8 Å². The van der Waals surface area contributed by atoms with Gasteiger partial charge in [0.1, 0.15) is 0 Å². The van der Waals surface area contributed by atoms with Gasteiger partial charge >= 0.3 is 0 Å². The zero-order valence-electron chi connectivity index (χ0n) is 12.6. The molecule has 2 rings (SSSR count). The molecule has 1 unspecified atom stereocenters. The van der Waals surface area contributed by atoms with Crippen LogP contribution in [0.1, 0.15) is 44.2 Å². The van der Waals surface area contributed by atoms with E-state index in [1.54, 1.807) is 24.3 Å². The summed E-state index contributed by atoms with van der Waals surface area (Å²) in [6.07, 6.45) is 6.12. The lowest BCUT2D eigenvalue weighted by molar-refractivity contribution is 0.420. The fraction of sp³-hybridized carbons (Fsp3) is 0.600. The molecule has 1 aromatic rings. The minimum absolute atomic E-state index is 0.0616. The second-order valence-electron chi connectivity index (χ2n) is 5.69. The molecule has 0 bridgehead atoms. The van der Waals surface area contributed by atoms with Gasteiger partial charge < -0.3 is 5.73 Å². The summed E-state index contributed by atoms with van der Waals surface area (Å²) >= 11 is 1.88. The van der Waals surface area contributed by atoms with Crippen LogP contribution in [0.5, 0.6) is 0 Å². The third kappa shape index (κ3) is 4.45. The first-order valence-corrected chi connectivity index (χ1v) is 10.1. The molecule has 1 aromatic carbocycles. The molecular formula is C15H24N2O2S2. The molecule has 21 heavy (non-hydrogen) atoms. The van der Waals surface area contributed by atoms with E-state index < -0.39 is 10.0 Å². The first-order chi connectivity index (χ1) is 9.92. The van der Waals surface area contributed by atoms with E-state index in [1.807, 2.05) is 18.7 Å². The van der Waals surface area contributed by atoms with E-state index in [0.717, 1.165) is 31.2 Å². The van der Waals surface area contributed by atoms with E-state index in [-0.39, 0.29) is 12.1 Å². The Labute approximate surface area is 131 Å². The van der Waals surface area contributed by atoms with Crippen molar-refractivity contribution in [2.45, 2.75) is 54.8 Å². The van der Waals surface area contributed by atoms with Crippen LogP contribution in [-0.2, 0) is 10.0 Å². The molecule has 1 fully saturated rings. The lowest BCUT2D eigenvalue weighted by Crippen LogP contribution is -2.38. The number of hydrogen-bond acceptors (Lipinski definition) is 4. The number of thioether (sulfide) groups is 1. The highest BCUT2D eigenvalue weighted by Gasteiger charge is 2.25. The second-order valence-corrected chi connectivity index (χ2v) is 8.54. The maximum atomic E-state index is 12.4. The van der Waals surface area contributed by atoms with E-state index in [4.69, 9.17) is 5.73 Å². The van der Waals surface area contributed by atoms with Gasteiger partial charge in [0.2, 0.25) is 10.0 Å². The van der Waals surface area contributed by atoms with Crippen LogP contribution in [0.2, 0.25) is 0 Å². The van der Waals surface area contributed by atoms with Crippen LogP contribution < -0.4 is 10.5 Å². The standard InChI is InChI=1S/C15H24N2O2S2/c1-11(16)12-3-9-15(10-4-12)21(18,19)17-13-5-7-14(20-2)8-6-13/h3-4,9-11,13-14,17H,5-8,16H2,1-2H3. The number of sulfonamides is 1. The van der Waals surface area contributed by atoms with Gasteiger partial charge in [0.05, 0.1) is 4.90 Å². The molecule has 118 valence electrons. The van der Waals surface area contributed by atoms with Gasteiger partial charge in [-0.1, -0.05) is 12.1 Å². The van der Waals surface area contributed by atoms with Crippen molar-refractivity contribution < 1.29 is 8.42 Å². The van der Waals surface area contributed by atoms with Crippen LogP contribution in [0.15, 0.2) is 29.2 Å². The molecule has 0 saturated heterocycles. The summed E-state index contributed by atoms with van der Waals surface area (Å²) in [5.74, 6) is 0. The average molecular weight is 329 g/mol. The molecule has 0 spiro atoms. The fourth-order valence-electron chi connectivity index (χ4n) is 2.65. The van der Waals surface area contributed by atoms with Crippen molar-refractivity contribution >= 4 is 21.8 Å². The molecule has 6 heteroatoms. The number of nitrogens with one attached hydrogen (secondary N) is 1. The van der Waals surface area contributed by atoms with Gasteiger partial charge in [0.15, 0.2) is 0 Å². The van der Waals surface area contributed by atoms with Crippen molar-refractivity contribution in [3.63, 3.8) is 0 Å². The zero-order chi connectivity index (χ0) is 15.5. The van der Waals surface area contributed by atoms with Gasteiger partial charge in [0, 0.05) is 17.3 Å². The summed E-state index contributed by atoms with van der Waals surface area (Å²) in [6, 6.07) is 6.81. The van der Waals surface area contributed by atoms with Crippen molar-refractivity contribution in [3.05, 3.63) is 29.8 Å². The van der Waals surface area contributed by atoms with Crippen molar-refractivity contribution in [2.75, 3.05) is 6.26 Å². The first kappa shape index (κ1) is 16.8. The predicted octanol–water partition coefficient (Wildman–Crippen LogP) is 2.66. The molecule has 1 saturated carbocycles. The number of benzene rings is 1. The summed E-state index contributed by atoms with van der Waals surface area (Å²) in [7, 11) is -3.42. The third-order valence-corrected chi connectivity index (χ3v) is 6.72. The third-order valence-electron chi connectivity index (χ3n) is 4.05. The maximum absolute atomic E-state index is 12.4. The topological polar surface area (TPSA) is 72.2 Å². The van der Waals surface area contributed by atoms with Gasteiger partial charge in [-0.15, -0.1) is 0 Å². The molecule has 0 amide bonds. The summed E-state index contributed by atoms with van der Waals surface area (Å²) in [5.41, 5.74) is 6.72. The van der Waals surface area contributed by atoms with Crippen molar-refractivity contribution in [1.82, 2.24) is 4.72 Å². The Bertz CT molecular complexity index is 548. The van der Waals surface area contributed by atoms with E-state index in [1.165, 1.54) is 0 Å². The van der Waals surface area contributed by atoms with Crippen molar-refractivity contribution in [2.24, 2.45) is 5.73 Å². The number of rotatable bonds is 5. The quantitative estimate of drug-likeness (QED) is 0.871. The van der Waals surface area contributed by atoms with Crippen molar-refractivity contribution in [1.29, 1.82) is 0 Å². The SMILES string of the molecule is CSC1CCC(NS(=O)(=O)c2ccc(C(C)N)cc2)CC1. The van der Waals surface area contributed by atoms with E-state index in [9.17, 15) is 8.42 Å².